The molecule has 1 saturated heterocycles. The van der Waals surface area contributed by atoms with E-state index in [0.29, 0.717) is 24.6 Å². The number of halogens is 1. The molecule has 3 heterocycles. The van der Waals surface area contributed by atoms with E-state index in [0.717, 1.165) is 48.3 Å². The number of aromatic nitrogens is 3. The molecule has 1 aliphatic heterocycles. The number of piperidine rings is 1. The molecule has 0 spiro atoms. The van der Waals surface area contributed by atoms with E-state index < -0.39 is 0 Å². The van der Waals surface area contributed by atoms with Crippen molar-refractivity contribution < 1.29 is 13.7 Å². The van der Waals surface area contributed by atoms with E-state index in [1.165, 1.54) is 12.1 Å². The standard InChI is InChI=1S/C21H24FN5O2/c1-3-17-18-19(24-13(2)25-21(18)29-26-17)27-10-4-5-15(12-27)20(28)23-11-14-6-8-16(22)9-7-14/h6-9,15H,3-5,10-12H2,1-2H3,(H,23,28)/t15-/m1/s1. The van der Waals surface area contributed by atoms with Crippen molar-refractivity contribution in [3.05, 3.63) is 47.2 Å². The largest absolute Gasteiger partial charge is 0.355 e. The van der Waals surface area contributed by atoms with Crippen LogP contribution in [0.3, 0.4) is 0 Å². The maximum atomic E-state index is 13.0. The van der Waals surface area contributed by atoms with Gasteiger partial charge in [0.1, 0.15) is 22.8 Å². The zero-order chi connectivity index (χ0) is 20.4. The number of benzene rings is 1. The van der Waals surface area contributed by atoms with E-state index in [-0.39, 0.29) is 17.6 Å². The number of carbonyl (C=O) groups excluding carboxylic acids is 1. The lowest BCUT2D eigenvalue weighted by atomic mass is 9.96. The van der Waals surface area contributed by atoms with Crippen LogP contribution < -0.4 is 10.2 Å². The second-order valence-corrected chi connectivity index (χ2v) is 7.39. The molecular weight excluding hydrogens is 373 g/mol. The molecule has 1 atom stereocenters. The first-order valence-corrected chi connectivity index (χ1v) is 9.95. The number of hydrogen-bond donors (Lipinski definition) is 1. The van der Waals surface area contributed by atoms with Crippen molar-refractivity contribution in [1.29, 1.82) is 0 Å². The smallest absolute Gasteiger partial charge is 0.263 e. The summed E-state index contributed by atoms with van der Waals surface area (Å²) >= 11 is 0. The Kier molecular flexibility index (Phi) is 5.42. The van der Waals surface area contributed by atoms with Gasteiger partial charge in [0.2, 0.25) is 5.91 Å². The summed E-state index contributed by atoms with van der Waals surface area (Å²) in [6.45, 7) is 5.63. The number of nitrogens with zero attached hydrogens (tertiary/aromatic N) is 4. The molecule has 2 aromatic heterocycles. The van der Waals surface area contributed by atoms with Gasteiger partial charge in [0, 0.05) is 19.6 Å². The Morgan fingerprint density at radius 1 is 1.31 bits per heavy atom. The summed E-state index contributed by atoms with van der Waals surface area (Å²) < 4.78 is 18.4. The average molecular weight is 397 g/mol. The Hall–Kier alpha value is -3.03. The lowest BCUT2D eigenvalue weighted by Crippen LogP contribution is -2.43. The Morgan fingerprint density at radius 2 is 2.10 bits per heavy atom. The normalized spacial score (nSPS) is 16.9. The van der Waals surface area contributed by atoms with Gasteiger partial charge in [-0.3, -0.25) is 4.79 Å². The third-order valence-corrected chi connectivity index (χ3v) is 5.31. The summed E-state index contributed by atoms with van der Waals surface area (Å²) in [6.07, 6.45) is 2.44. The highest BCUT2D eigenvalue weighted by molar-refractivity contribution is 5.89. The van der Waals surface area contributed by atoms with Crippen molar-refractivity contribution in [2.24, 2.45) is 5.92 Å². The van der Waals surface area contributed by atoms with Gasteiger partial charge in [0.15, 0.2) is 0 Å². The first-order chi connectivity index (χ1) is 14.0. The van der Waals surface area contributed by atoms with Gasteiger partial charge in [-0.1, -0.05) is 24.2 Å². The monoisotopic (exact) mass is 397 g/mol. The van der Waals surface area contributed by atoms with E-state index >= 15 is 0 Å². The topological polar surface area (TPSA) is 84.2 Å². The SMILES string of the molecule is CCc1noc2nc(C)nc(N3CCC[C@@H](C(=O)NCc4ccc(F)cc4)C3)c12. The number of nitrogens with one attached hydrogen (secondary N) is 1. The molecule has 0 saturated carbocycles. The summed E-state index contributed by atoms with van der Waals surface area (Å²) in [4.78, 5) is 23.9. The molecule has 8 heteroatoms. The first kappa shape index (κ1) is 19.3. The van der Waals surface area contributed by atoms with Crippen LogP contribution in [0.15, 0.2) is 28.8 Å². The van der Waals surface area contributed by atoms with Crippen LogP contribution in [0.4, 0.5) is 10.2 Å². The van der Waals surface area contributed by atoms with Crippen LogP contribution in [0.25, 0.3) is 11.1 Å². The molecule has 1 fully saturated rings. The zero-order valence-electron chi connectivity index (χ0n) is 16.6. The fourth-order valence-corrected chi connectivity index (χ4v) is 3.78. The molecule has 0 unspecified atom stereocenters. The van der Waals surface area contributed by atoms with Gasteiger partial charge in [-0.05, 0) is 43.9 Å². The van der Waals surface area contributed by atoms with Gasteiger partial charge < -0.3 is 14.7 Å². The van der Waals surface area contributed by atoms with Crippen LogP contribution >= 0.6 is 0 Å². The number of fused-ring (bicyclic) bond motifs is 1. The van der Waals surface area contributed by atoms with Gasteiger partial charge in [-0.25, -0.2) is 9.37 Å². The fraction of sp³-hybridized carbons (Fsp3) is 0.429. The third kappa shape index (κ3) is 4.06. The molecular formula is C21H24FN5O2. The minimum absolute atomic E-state index is 0.00193. The van der Waals surface area contributed by atoms with E-state index in [9.17, 15) is 9.18 Å². The Bertz CT molecular complexity index is 1020. The first-order valence-electron chi connectivity index (χ1n) is 9.95. The van der Waals surface area contributed by atoms with Gasteiger partial charge in [-0.15, -0.1) is 0 Å². The van der Waals surface area contributed by atoms with Crippen LogP contribution in [0.5, 0.6) is 0 Å². The molecule has 0 radical (unpaired) electrons. The van der Waals surface area contributed by atoms with E-state index in [4.69, 9.17) is 4.52 Å². The molecule has 152 valence electrons. The van der Waals surface area contributed by atoms with Crippen LogP contribution in [0, 0.1) is 18.7 Å². The molecule has 0 bridgehead atoms. The number of anilines is 1. The van der Waals surface area contributed by atoms with Crippen molar-refractivity contribution in [3.63, 3.8) is 0 Å². The molecule has 3 aromatic rings. The molecule has 4 rings (SSSR count). The summed E-state index contributed by atoms with van der Waals surface area (Å²) in [6, 6.07) is 6.16. The quantitative estimate of drug-likeness (QED) is 0.712. The zero-order valence-corrected chi connectivity index (χ0v) is 16.6. The predicted octanol–water partition coefficient (Wildman–Crippen LogP) is 3.16. The van der Waals surface area contributed by atoms with E-state index in [1.807, 2.05) is 13.8 Å². The highest BCUT2D eigenvalue weighted by Crippen LogP contribution is 2.30. The minimum atomic E-state index is -0.283. The number of amides is 1. The highest BCUT2D eigenvalue weighted by Gasteiger charge is 2.29. The predicted molar refractivity (Wildman–Crippen MR) is 107 cm³/mol. The summed E-state index contributed by atoms with van der Waals surface area (Å²) in [5, 5.41) is 7.94. The van der Waals surface area contributed by atoms with Crippen LogP contribution in [-0.2, 0) is 17.8 Å². The van der Waals surface area contributed by atoms with Crippen molar-refractivity contribution in [2.45, 2.75) is 39.7 Å². The fourth-order valence-electron chi connectivity index (χ4n) is 3.78. The lowest BCUT2D eigenvalue weighted by Gasteiger charge is -2.33. The van der Waals surface area contributed by atoms with Crippen LogP contribution in [0.1, 0.15) is 36.8 Å². The van der Waals surface area contributed by atoms with Gasteiger partial charge in [0.25, 0.3) is 5.71 Å². The highest BCUT2D eigenvalue weighted by atomic mass is 19.1. The van der Waals surface area contributed by atoms with Crippen molar-refractivity contribution in [1.82, 2.24) is 20.4 Å². The van der Waals surface area contributed by atoms with Crippen LogP contribution in [-0.4, -0.2) is 34.1 Å². The maximum absolute atomic E-state index is 13.0. The Labute approximate surface area is 168 Å². The summed E-state index contributed by atoms with van der Waals surface area (Å²) in [5.74, 6) is 0.993. The average Bonchev–Trinajstić information content (AvgIpc) is 3.15. The van der Waals surface area contributed by atoms with Crippen molar-refractivity contribution >= 4 is 22.8 Å². The maximum Gasteiger partial charge on any atom is 0.263 e. The van der Waals surface area contributed by atoms with Crippen molar-refractivity contribution in [3.8, 4) is 0 Å². The molecule has 1 aliphatic rings. The second-order valence-electron chi connectivity index (χ2n) is 7.39. The lowest BCUT2D eigenvalue weighted by molar-refractivity contribution is -0.125. The third-order valence-electron chi connectivity index (χ3n) is 5.31. The van der Waals surface area contributed by atoms with Crippen molar-refractivity contribution in [2.75, 3.05) is 18.0 Å². The summed E-state index contributed by atoms with van der Waals surface area (Å²) in [7, 11) is 0. The molecule has 7 nitrogen and oxygen atoms in total. The Balaban J connectivity index is 1.49. The molecule has 29 heavy (non-hydrogen) atoms. The van der Waals surface area contributed by atoms with E-state index in [1.54, 1.807) is 12.1 Å². The molecule has 0 aliphatic carbocycles. The number of carbonyl (C=O) groups is 1. The van der Waals surface area contributed by atoms with Crippen LogP contribution in [0.2, 0.25) is 0 Å². The molecule has 1 N–H and O–H groups in total. The Morgan fingerprint density at radius 3 is 2.86 bits per heavy atom. The second kappa shape index (κ2) is 8.14. The number of rotatable bonds is 5. The minimum Gasteiger partial charge on any atom is -0.355 e. The van der Waals surface area contributed by atoms with Gasteiger partial charge >= 0.3 is 0 Å². The van der Waals surface area contributed by atoms with Gasteiger partial charge in [-0.2, -0.15) is 4.98 Å². The summed E-state index contributed by atoms with van der Waals surface area (Å²) in [5.41, 5.74) is 2.20. The van der Waals surface area contributed by atoms with Gasteiger partial charge in [0.05, 0.1) is 11.6 Å². The number of aryl methyl sites for hydroxylation is 2. The van der Waals surface area contributed by atoms with E-state index in [2.05, 4.69) is 25.3 Å². The molecule has 1 amide bonds. The molecule has 1 aromatic carbocycles. The number of hydrogen-bond acceptors (Lipinski definition) is 6.